The van der Waals surface area contributed by atoms with Crippen LogP contribution in [0.2, 0.25) is 0 Å². The molecule has 8 nitrogen and oxygen atoms in total. The average Bonchev–Trinajstić information content (AvgIpc) is 2.38. The zero-order valence-electron chi connectivity index (χ0n) is 10.4. The molecule has 0 aliphatic rings. The fourth-order valence-corrected chi connectivity index (χ4v) is 1.68. The molecule has 1 rings (SSSR count). The molecule has 0 radical (unpaired) electrons. The van der Waals surface area contributed by atoms with Gasteiger partial charge < -0.3 is 19.9 Å². The molecule has 9 heteroatoms. The number of nitrogens with one attached hydrogen (secondary N) is 3. The van der Waals surface area contributed by atoms with Crippen molar-refractivity contribution < 1.29 is 23.0 Å². The lowest BCUT2D eigenvalue weighted by Crippen LogP contribution is -2.38. The topological polar surface area (TPSA) is 109 Å². The maximum absolute atomic E-state index is 11.2. The molecule has 0 atom stereocenters. The van der Waals surface area contributed by atoms with Crippen LogP contribution in [0.15, 0.2) is 24.3 Å². The molecule has 0 unspecified atom stereocenters. The highest BCUT2D eigenvalue weighted by Gasteiger charge is 2.06. The normalized spacial score (nSPS) is 11.4. The summed E-state index contributed by atoms with van der Waals surface area (Å²) in [5, 5.41) is 12.0. The SMILES string of the molecule is COCNS(=O)(=O)NCOCNc1ccc(O)cc1. The summed E-state index contributed by atoms with van der Waals surface area (Å²) < 4.78 is 36.4. The minimum atomic E-state index is -3.61. The summed E-state index contributed by atoms with van der Waals surface area (Å²) in [5.41, 5.74) is 0.748. The third-order valence-electron chi connectivity index (χ3n) is 1.99. The van der Waals surface area contributed by atoms with E-state index in [0.29, 0.717) is 0 Å². The van der Waals surface area contributed by atoms with E-state index < -0.39 is 10.2 Å². The van der Waals surface area contributed by atoms with Crippen LogP contribution in [0.3, 0.4) is 0 Å². The molecule has 19 heavy (non-hydrogen) atoms. The van der Waals surface area contributed by atoms with Crippen LogP contribution in [0.1, 0.15) is 0 Å². The molecule has 0 fully saturated rings. The Morgan fingerprint density at radius 1 is 1.11 bits per heavy atom. The molecular weight excluding hydrogens is 274 g/mol. The van der Waals surface area contributed by atoms with Crippen molar-refractivity contribution in [2.45, 2.75) is 0 Å². The average molecular weight is 291 g/mol. The van der Waals surface area contributed by atoms with E-state index >= 15 is 0 Å². The molecule has 0 amide bonds. The largest absolute Gasteiger partial charge is 0.508 e. The Morgan fingerprint density at radius 3 is 2.37 bits per heavy atom. The number of methoxy groups -OCH3 is 1. The number of phenolic OH excluding ortho intramolecular Hbond substituents is 1. The van der Waals surface area contributed by atoms with Crippen molar-refractivity contribution in [2.24, 2.45) is 0 Å². The Hall–Kier alpha value is -1.39. The fourth-order valence-electron chi connectivity index (χ4n) is 1.07. The molecule has 0 saturated heterocycles. The fraction of sp³-hybridized carbons (Fsp3) is 0.400. The Morgan fingerprint density at radius 2 is 1.74 bits per heavy atom. The van der Waals surface area contributed by atoms with Gasteiger partial charge in [0.25, 0.3) is 10.2 Å². The summed E-state index contributed by atoms with van der Waals surface area (Å²) >= 11 is 0. The summed E-state index contributed by atoms with van der Waals surface area (Å²) in [7, 11) is -2.23. The van der Waals surface area contributed by atoms with Crippen molar-refractivity contribution in [3.05, 3.63) is 24.3 Å². The monoisotopic (exact) mass is 291 g/mol. The maximum Gasteiger partial charge on any atom is 0.280 e. The van der Waals surface area contributed by atoms with Gasteiger partial charge in [-0.2, -0.15) is 17.9 Å². The predicted octanol–water partition coefficient (Wildman–Crippen LogP) is -0.236. The summed E-state index contributed by atoms with van der Waals surface area (Å²) in [5.74, 6) is 0.170. The smallest absolute Gasteiger partial charge is 0.280 e. The number of anilines is 1. The van der Waals surface area contributed by atoms with Gasteiger partial charge in [0.05, 0.1) is 0 Å². The summed E-state index contributed by atoms with van der Waals surface area (Å²) in [6.07, 6.45) is 0. The van der Waals surface area contributed by atoms with Crippen molar-refractivity contribution >= 4 is 15.9 Å². The first kappa shape index (κ1) is 15.7. The van der Waals surface area contributed by atoms with Crippen LogP contribution >= 0.6 is 0 Å². The molecule has 0 aromatic heterocycles. The molecule has 0 aliphatic heterocycles. The van der Waals surface area contributed by atoms with Crippen molar-refractivity contribution in [1.29, 1.82) is 0 Å². The van der Waals surface area contributed by atoms with E-state index in [1.165, 1.54) is 19.2 Å². The van der Waals surface area contributed by atoms with E-state index in [4.69, 9.17) is 9.84 Å². The minimum absolute atomic E-state index is 0.110. The van der Waals surface area contributed by atoms with Crippen molar-refractivity contribution in [3.8, 4) is 5.75 Å². The van der Waals surface area contributed by atoms with Crippen LogP contribution in [-0.4, -0.2) is 40.8 Å². The molecule has 1 aromatic rings. The lowest BCUT2D eigenvalue weighted by molar-refractivity contribution is 0.147. The molecule has 0 bridgehead atoms. The lowest BCUT2D eigenvalue weighted by Gasteiger charge is -2.09. The first-order valence-corrected chi connectivity index (χ1v) is 6.85. The van der Waals surface area contributed by atoms with E-state index in [1.807, 2.05) is 0 Å². The van der Waals surface area contributed by atoms with E-state index in [-0.39, 0.29) is 25.9 Å². The van der Waals surface area contributed by atoms with E-state index in [2.05, 4.69) is 19.5 Å². The second kappa shape index (κ2) is 7.92. The van der Waals surface area contributed by atoms with Crippen LogP contribution in [-0.2, 0) is 19.7 Å². The number of benzene rings is 1. The zero-order valence-corrected chi connectivity index (χ0v) is 11.2. The van der Waals surface area contributed by atoms with Gasteiger partial charge in [0.1, 0.15) is 25.9 Å². The van der Waals surface area contributed by atoms with E-state index in [9.17, 15) is 8.42 Å². The van der Waals surface area contributed by atoms with Crippen molar-refractivity contribution in [3.63, 3.8) is 0 Å². The Bertz CT molecular complexity index is 463. The van der Waals surface area contributed by atoms with Gasteiger partial charge in [-0.1, -0.05) is 0 Å². The molecule has 0 saturated carbocycles. The number of hydrogen-bond donors (Lipinski definition) is 4. The van der Waals surface area contributed by atoms with Crippen LogP contribution in [0, 0.1) is 0 Å². The second-order valence-corrected chi connectivity index (χ2v) is 5.03. The molecular formula is C10H17N3O5S. The maximum atomic E-state index is 11.2. The minimum Gasteiger partial charge on any atom is -0.508 e. The number of hydrogen-bond acceptors (Lipinski definition) is 6. The van der Waals surface area contributed by atoms with E-state index in [0.717, 1.165) is 5.69 Å². The van der Waals surface area contributed by atoms with Gasteiger partial charge in [0, 0.05) is 12.8 Å². The Kier molecular flexibility index (Phi) is 6.53. The summed E-state index contributed by atoms with van der Waals surface area (Å²) in [4.78, 5) is 0. The first-order valence-electron chi connectivity index (χ1n) is 5.37. The highest BCUT2D eigenvalue weighted by molar-refractivity contribution is 7.87. The molecule has 0 aliphatic carbocycles. The van der Waals surface area contributed by atoms with Gasteiger partial charge in [-0.05, 0) is 24.3 Å². The van der Waals surface area contributed by atoms with Crippen molar-refractivity contribution in [2.75, 3.05) is 32.6 Å². The van der Waals surface area contributed by atoms with Crippen LogP contribution in [0.5, 0.6) is 5.75 Å². The highest BCUT2D eigenvalue weighted by atomic mass is 32.2. The second-order valence-electron chi connectivity index (χ2n) is 3.44. The number of phenols is 1. The van der Waals surface area contributed by atoms with Crippen LogP contribution in [0.4, 0.5) is 5.69 Å². The summed E-state index contributed by atoms with van der Waals surface area (Å²) in [6, 6.07) is 6.39. The van der Waals surface area contributed by atoms with Gasteiger partial charge in [0.2, 0.25) is 0 Å². The van der Waals surface area contributed by atoms with Gasteiger partial charge in [0.15, 0.2) is 0 Å². The Balaban J connectivity index is 2.16. The number of rotatable bonds is 9. The molecule has 1 aromatic carbocycles. The summed E-state index contributed by atoms with van der Waals surface area (Å²) in [6.45, 7) is -0.164. The quantitative estimate of drug-likeness (QED) is 0.284. The third kappa shape index (κ3) is 6.94. The lowest BCUT2D eigenvalue weighted by atomic mass is 10.3. The molecule has 4 N–H and O–H groups in total. The van der Waals surface area contributed by atoms with E-state index in [1.54, 1.807) is 12.1 Å². The number of aromatic hydroxyl groups is 1. The molecule has 0 spiro atoms. The predicted molar refractivity (Wildman–Crippen MR) is 69.6 cm³/mol. The van der Waals surface area contributed by atoms with Crippen LogP contribution in [0.25, 0.3) is 0 Å². The molecule has 108 valence electrons. The van der Waals surface area contributed by atoms with Gasteiger partial charge >= 0.3 is 0 Å². The highest BCUT2D eigenvalue weighted by Crippen LogP contribution is 2.13. The van der Waals surface area contributed by atoms with Gasteiger partial charge in [-0.3, -0.25) is 0 Å². The van der Waals surface area contributed by atoms with Gasteiger partial charge in [-0.15, -0.1) is 0 Å². The van der Waals surface area contributed by atoms with Gasteiger partial charge in [-0.25, -0.2) is 0 Å². The zero-order chi connectivity index (χ0) is 14.1. The van der Waals surface area contributed by atoms with Crippen LogP contribution < -0.4 is 14.8 Å². The third-order valence-corrected chi connectivity index (χ3v) is 2.99. The first-order chi connectivity index (χ1) is 9.03. The van der Waals surface area contributed by atoms with Crippen molar-refractivity contribution in [1.82, 2.24) is 9.44 Å². The Labute approximate surface area is 111 Å². The molecule has 0 heterocycles. The standard InChI is InChI=1S/C10H17N3O5S/c1-17-7-12-19(15,16)13-8-18-6-11-9-2-4-10(14)5-3-9/h2-5,11-14H,6-8H2,1H3. The number of ether oxygens (including phenoxy) is 2.